The van der Waals surface area contributed by atoms with Crippen molar-refractivity contribution in [2.24, 2.45) is 0 Å². The van der Waals surface area contributed by atoms with Crippen molar-refractivity contribution >= 4 is 17.3 Å². The second-order valence-electron chi connectivity index (χ2n) is 2.27. The Morgan fingerprint density at radius 1 is 1.50 bits per heavy atom. The summed E-state index contributed by atoms with van der Waals surface area (Å²) in [4.78, 5) is 0. The molecule has 4 nitrogen and oxygen atoms in total. The van der Waals surface area contributed by atoms with Crippen LogP contribution in [0.5, 0.6) is 0 Å². The first-order valence-corrected chi connectivity index (χ1v) is 4.12. The molecule has 0 bridgehead atoms. The van der Waals surface area contributed by atoms with Gasteiger partial charge in [-0.25, -0.2) is 0 Å². The van der Waals surface area contributed by atoms with Gasteiger partial charge in [0.25, 0.3) is 0 Å². The molecule has 2 N–H and O–H groups in total. The van der Waals surface area contributed by atoms with Crippen LogP contribution in [0.4, 0.5) is 0 Å². The molecule has 1 unspecified atom stereocenters. The van der Waals surface area contributed by atoms with Gasteiger partial charge in [0.15, 0.2) is 5.11 Å². The molecule has 0 aromatic heterocycles. The Hall–Kier alpha value is -0.390. The smallest absolute Gasteiger partial charge is 0.166 e. The largest absolute Gasteiger partial charge is 0.382 e. The highest BCUT2D eigenvalue weighted by molar-refractivity contribution is 7.80. The second kappa shape index (κ2) is 7.27. The van der Waals surface area contributed by atoms with Gasteiger partial charge >= 0.3 is 0 Å². The Kier molecular flexibility index (Phi) is 7.03. The van der Waals surface area contributed by atoms with Crippen molar-refractivity contribution in [3.8, 4) is 0 Å². The lowest BCUT2D eigenvalue weighted by molar-refractivity contribution is 0.0315. The molecule has 0 amide bonds. The zero-order valence-electron chi connectivity index (χ0n) is 7.72. The fourth-order valence-electron chi connectivity index (χ4n) is 0.691. The van der Waals surface area contributed by atoms with Crippen LogP contribution in [0.3, 0.4) is 0 Å². The third-order valence-electron chi connectivity index (χ3n) is 1.40. The molecule has 0 aliphatic heterocycles. The Labute approximate surface area is 78.6 Å². The van der Waals surface area contributed by atoms with E-state index >= 15 is 0 Å². The summed E-state index contributed by atoms with van der Waals surface area (Å²) in [6.45, 7) is 1.22. The summed E-state index contributed by atoms with van der Waals surface area (Å²) in [6, 6.07) is 0. The molecule has 0 spiro atoms. The molecule has 0 saturated heterocycles. The lowest BCUT2D eigenvalue weighted by Crippen LogP contribution is -2.39. The van der Waals surface area contributed by atoms with Crippen molar-refractivity contribution in [2.45, 2.75) is 6.10 Å². The molecule has 0 heterocycles. The molecule has 0 rings (SSSR count). The van der Waals surface area contributed by atoms with E-state index in [9.17, 15) is 0 Å². The molecule has 5 heteroatoms. The van der Waals surface area contributed by atoms with E-state index in [0.29, 0.717) is 18.3 Å². The van der Waals surface area contributed by atoms with Crippen LogP contribution < -0.4 is 10.6 Å². The molecule has 0 aliphatic rings. The number of hydrogen-bond acceptors (Lipinski definition) is 3. The molecular weight excluding hydrogens is 176 g/mol. The summed E-state index contributed by atoms with van der Waals surface area (Å²) in [7, 11) is 5.06. The molecule has 12 heavy (non-hydrogen) atoms. The predicted octanol–water partition coefficient (Wildman–Crippen LogP) is -0.258. The number of thiocarbonyl (C=S) groups is 1. The molecular formula is C7H16N2O2S. The van der Waals surface area contributed by atoms with Gasteiger partial charge in [0, 0.05) is 27.8 Å². The molecule has 72 valence electrons. The van der Waals surface area contributed by atoms with Crippen LogP contribution in [0.1, 0.15) is 0 Å². The van der Waals surface area contributed by atoms with Crippen LogP contribution in [0, 0.1) is 0 Å². The standard InChI is InChI=1S/C7H16N2O2S/c1-8-7(12)9-4-6(11-3)5-10-2/h6H,4-5H2,1-3H3,(H2,8,9,12). The van der Waals surface area contributed by atoms with E-state index in [2.05, 4.69) is 10.6 Å². The van der Waals surface area contributed by atoms with E-state index in [1.807, 2.05) is 0 Å². The molecule has 0 saturated carbocycles. The Bertz CT molecular complexity index is 133. The SMILES string of the molecule is CNC(=S)NCC(COC)OC. The summed E-state index contributed by atoms with van der Waals surface area (Å²) >= 11 is 4.89. The molecule has 0 aromatic rings. The molecule has 1 atom stereocenters. The van der Waals surface area contributed by atoms with Gasteiger partial charge in [-0.1, -0.05) is 0 Å². The van der Waals surface area contributed by atoms with E-state index in [-0.39, 0.29) is 6.10 Å². The van der Waals surface area contributed by atoms with Crippen LogP contribution >= 0.6 is 12.2 Å². The highest BCUT2D eigenvalue weighted by Crippen LogP contribution is 1.87. The quantitative estimate of drug-likeness (QED) is 0.588. The van der Waals surface area contributed by atoms with Crippen LogP contribution in [-0.2, 0) is 9.47 Å². The Balaban J connectivity index is 3.50. The van der Waals surface area contributed by atoms with Gasteiger partial charge in [0.1, 0.15) is 0 Å². The first-order chi connectivity index (χ1) is 5.74. The minimum absolute atomic E-state index is 0.0429. The Morgan fingerprint density at radius 3 is 2.58 bits per heavy atom. The average Bonchev–Trinajstić information content (AvgIpc) is 2.11. The summed E-state index contributed by atoms with van der Waals surface area (Å²) in [6.07, 6.45) is 0.0429. The van der Waals surface area contributed by atoms with E-state index in [0.717, 1.165) is 0 Å². The van der Waals surface area contributed by atoms with Gasteiger partial charge in [-0.05, 0) is 12.2 Å². The maximum atomic E-state index is 5.11. The number of nitrogens with one attached hydrogen (secondary N) is 2. The molecule has 0 aromatic carbocycles. The van der Waals surface area contributed by atoms with Gasteiger partial charge in [-0.2, -0.15) is 0 Å². The molecule has 0 aliphatic carbocycles. The van der Waals surface area contributed by atoms with Crippen molar-refractivity contribution < 1.29 is 9.47 Å². The number of methoxy groups -OCH3 is 2. The van der Waals surface area contributed by atoms with E-state index in [1.54, 1.807) is 21.3 Å². The minimum Gasteiger partial charge on any atom is -0.382 e. The van der Waals surface area contributed by atoms with Crippen molar-refractivity contribution in [2.75, 3.05) is 34.4 Å². The van der Waals surface area contributed by atoms with Crippen LogP contribution in [-0.4, -0.2) is 45.6 Å². The normalized spacial score (nSPS) is 12.2. The van der Waals surface area contributed by atoms with Gasteiger partial charge < -0.3 is 20.1 Å². The lowest BCUT2D eigenvalue weighted by atomic mass is 10.4. The first kappa shape index (κ1) is 11.6. The average molecular weight is 192 g/mol. The number of rotatable bonds is 5. The fraction of sp³-hybridized carbons (Fsp3) is 0.857. The lowest BCUT2D eigenvalue weighted by Gasteiger charge is -2.15. The monoisotopic (exact) mass is 192 g/mol. The van der Waals surface area contributed by atoms with Crippen molar-refractivity contribution in [1.82, 2.24) is 10.6 Å². The minimum atomic E-state index is 0.0429. The zero-order valence-corrected chi connectivity index (χ0v) is 8.53. The third-order valence-corrected chi connectivity index (χ3v) is 1.75. The second-order valence-corrected chi connectivity index (χ2v) is 2.68. The summed E-state index contributed by atoms with van der Waals surface area (Å²) in [5.74, 6) is 0. The van der Waals surface area contributed by atoms with E-state index in [4.69, 9.17) is 21.7 Å². The summed E-state index contributed by atoms with van der Waals surface area (Å²) < 4.78 is 10.0. The van der Waals surface area contributed by atoms with Gasteiger partial charge in [0.05, 0.1) is 12.7 Å². The van der Waals surface area contributed by atoms with Crippen LogP contribution in [0.15, 0.2) is 0 Å². The van der Waals surface area contributed by atoms with Gasteiger partial charge in [-0.15, -0.1) is 0 Å². The van der Waals surface area contributed by atoms with Crippen molar-refractivity contribution in [1.29, 1.82) is 0 Å². The molecule has 0 radical (unpaired) electrons. The Morgan fingerprint density at radius 2 is 2.17 bits per heavy atom. The maximum absolute atomic E-state index is 5.11. The van der Waals surface area contributed by atoms with Crippen LogP contribution in [0.2, 0.25) is 0 Å². The van der Waals surface area contributed by atoms with Crippen molar-refractivity contribution in [3.05, 3.63) is 0 Å². The summed E-state index contributed by atoms with van der Waals surface area (Å²) in [5.41, 5.74) is 0. The van der Waals surface area contributed by atoms with Crippen LogP contribution in [0.25, 0.3) is 0 Å². The highest BCUT2D eigenvalue weighted by Gasteiger charge is 2.05. The summed E-state index contributed by atoms with van der Waals surface area (Å²) in [5, 5.41) is 6.41. The first-order valence-electron chi connectivity index (χ1n) is 3.72. The van der Waals surface area contributed by atoms with E-state index in [1.165, 1.54) is 0 Å². The maximum Gasteiger partial charge on any atom is 0.166 e. The number of hydrogen-bond donors (Lipinski definition) is 2. The molecule has 0 fully saturated rings. The van der Waals surface area contributed by atoms with Gasteiger partial charge in [0.2, 0.25) is 0 Å². The zero-order chi connectivity index (χ0) is 9.40. The van der Waals surface area contributed by atoms with E-state index < -0.39 is 0 Å². The number of ether oxygens (including phenoxy) is 2. The van der Waals surface area contributed by atoms with Crippen molar-refractivity contribution in [3.63, 3.8) is 0 Å². The topological polar surface area (TPSA) is 42.5 Å². The third kappa shape index (κ3) is 5.29. The van der Waals surface area contributed by atoms with Gasteiger partial charge in [-0.3, -0.25) is 0 Å². The fourth-order valence-corrected chi connectivity index (χ4v) is 0.774. The highest BCUT2D eigenvalue weighted by atomic mass is 32.1. The predicted molar refractivity (Wildman–Crippen MR) is 52.3 cm³/mol.